The number of sulfone groups is 1. The van der Waals surface area contributed by atoms with Gasteiger partial charge in [-0.1, -0.05) is 48.0 Å². The Balaban J connectivity index is 1.71. The second-order valence-corrected chi connectivity index (χ2v) is 9.31. The van der Waals surface area contributed by atoms with Crippen molar-refractivity contribution in [3.63, 3.8) is 0 Å². The van der Waals surface area contributed by atoms with Crippen LogP contribution in [0.15, 0.2) is 54.6 Å². The Kier molecular flexibility index (Phi) is 4.84. The first-order valence-electron chi connectivity index (χ1n) is 9.25. The second-order valence-electron chi connectivity index (χ2n) is 7.24. The Hall–Kier alpha value is -3.19. The van der Waals surface area contributed by atoms with E-state index in [2.05, 4.69) is 10.4 Å². The van der Waals surface area contributed by atoms with E-state index in [1.165, 1.54) is 6.08 Å². The number of hydrogen-bond acceptors (Lipinski definition) is 4. The standard InChI is InChI=1S/C22H21N3O3S/c1-15-8-10-20(16(2)12-15)25-22(18-13-29(27,28)14-19(18)24-25)23-21(26)11-9-17-6-4-3-5-7-17/h3-12H,13-14H2,1-2H3,(H,23,26)/b11-9-. The van der Waals surface area contributed by atoms with Crippen molar-refractivity contribution in [2.24, 2.45) is 0 Å². The summed E-state index contributed by atoms with van der Waals surface area (Å²) in [6.07, 6.45) is 3.15. The fraction of sp³-hybridized carbons (Fsp3) is 0.182. The third-order valence-electron chi connectivity index (χ3n) is 4.84. The van der Waals surface area contributed by atoms with Crippen LogP contribution in [0.25, 0.3) is 11.8 Å². The number of nitrogens with one attached hydrogen (secondary N) is 1. The van der Waals surface area contributed by atoms with E-state index in [1.54, 1.807) is 10.8 Å². The minimum Gasteiger partial charge on any atom is -0.307 e. The lowest BCUT2D eigenvalue weighted by Crippen LogP contribution is -2.15. The summed E-state index contributed by atoms with van der Waals surface area (Å²) in [6.45, 7) is 3.97. The number of carbonyl (C=O) groups excluding carboxylic acids is 1. The normalized spacial score (nSPS) is 14.8. The molecule has 0 bridgehead atoms. The van der Waals surface area contributed by atoms with Crippen LogP contribution in [0.4, 0.5) is 5.82 Å². The molecule has 0 radical (unpaired) electrons. The van der Waals surface area contributed by atoms with Gasteiger partial charge in [0.25, 0.3) is 0 Å². The summed E-state index contributed by atoms with van der Waals surface area (Å²) in [7, 11) is -3.24. The number of fused-ring (bicyclic) bond motifs is 1. The van der Waals surface area contributed by atoms with E-state index in [9.17, 15) is 13.2 Å². The zero-order valence-corrected chi connectivity index (χ0v) is 17.0. The van der Waals surface area contributed by atoms with Gasteiger partial charge >= 0.3 is 0 Å². The molecule has 0 spiro atoms. The number of carbonyl (C=O) groups is 1. The molecule has 7 heteroatoms. The molecule has 6 nitrogen and oxygen atoms in total. The molecule has 0 saturated carbocycles. The molecule has 1 aromatic heterocycles. The maximum absolute atomic E-state index is 12.6. The average Bonchev–Trinajstić information content (AvgIpc) is 3.13. The van der Waals surface area contributed by atoms with Gasteiger partial charge in [-0.25, -0.2) is 13.1 Å². The van der Waals surface area contributed by atoms with Gasteiger partial charge in [0.2, 0.25) is 5.91 Å². The van der Waals surface area contributed by atoms with Crippen molar-refractivity contribution in [3.8, 4) is 5.69 Å². The van der Waals surface area contributed by atoms with Crippen molar-refractivity contribution < 1.29 is 13.2 Å². The fourth-order valence-corrected chi connectivity index (χ4v) is 4.98. The van der Waals surface area contributed by atoms with Crippen LogP contribution in [0.3, 0.4) is 0 Å². The van der Waals surface area contributed by atoms with Crippen LogP contribution < -0.4 is 5.32 Å². The van der Waals surface area contributed by atoms with Crippen LogP contribution in [-0.4, -0.2) is 24.1 Å². The zero-order chi connectivity index (χ0) is 20.6. The number of nitrogens with zero attached hydrogens (tertiary/aromatic N) is 2. The molecule has 2 aromatic carbocycles. The Morgan fingerprint density at radius 3 is 2.59 bits per heavy atom. The quantitative estimate of drug-likeness (QED) is 0.671. The van der Waals surface area contributed by atoms with Gasteiger partial charge in [-0.2, -0.15) is 5.10 Å². The Labute approximate surface area is 169 Å². The van der Waals surface area contributed by atoms with E-state index in [0.29, 0.717) is 17.1 Å². The number of benzene rings is 2. The lowest BCUT2D eigenvalue weighted by molar-refractivity contribution is -0.111. The Morgan fingerprint density at radius 2 is 1.86 bits per heavy atom. The summed E-state index contributed by atoms with van der Waals surface area (Å²) in [6, 6.07) is 15.4. The molecule has 1 amide bonds. The van der Waals surface area contributed by atoms with Crippen molar-refractivity contribution in [2.75, 3.05) is 5.32 Å². The maximum Gasteiger partial charge on any atom is 0.249 e. The smallest absolute Gasteiger partial charge is 0.249 e. The molecule has 1 aliphatic rings. The highest BCUT2D eigenvalue weighted by Gasteiger charge is 2.33. The largest absolute Gasteiger partial charge is 0.307 e. The van der Waals surface area contributed by atoms with Crippen LogP contribution in [0, 0.1) is 13.8 Å². The van der Waals surface area contributed by atoms with E-state index in [-0.39, 0.29) is 17.4 Å². The number of anilines is 1. The molecule has 1 aliphatic heterocycles. The van der Waals surface area contributed by atoms with Gasteiger partial charge in [0.1, 0.15) is 5.82 Å². The molecule has 4 rings (SSSR count). The van der Waals surface area contributed by atoms with Gasteiger partial charge in [0.15, 0.2) is 9.84 Å². The van der Waals surface area contributed by atoms with E-state index in [1.807, 2.05) is 62.4 Å². The molecule has 148 valence electrons. The van der Waals surface area contributed by atoms with Gasteiger partial charge in [-0.15, -0.1) is 0 Å². The average molecular weight is 407 g/mol. The summed E-state index contributed by atoms with van der Waals surface area (Å²) < 4.78 is 25.8. The van der Waals surface area contributed by atoms with Crippen LogP contribution >= 0.6 is 0 Å². The third-order valence-corrected chi connectivity index (χ3v) is 6.28. The highest BCUT2D eigenvalue weighted by atomic mass is 32.2. The predicted molar refractivity (Wildman–Crippen MR) is 113 cm³/mol. The lowest BCUT2D eigenvalue weighted by atomic mass is 10.1. The summed E-state index contributed by atoms with van der Waals surface area (Å²) in [5.74, 6) is -0.156. The van der Waals surface area contributed by atoms with Crippen molar-refractivity contribution in [1.29, 1.82) is 0 Å². The van der Waals surface area contributed by atoms with Crippen molar-refractivity contribution in [2.45, 2.75) is 25.4 Å². The molecule has 0 atom stereocenters. The maximum atomic E-state index is 12.6. The monoisotopic (exact) mass is 407 g/mol. The minimum absolute atomic E-state index is 0.108. The fourth-order valence-electron chi connectivity index (χ4n) is 3.48. The van der Waals surface area contributed by atoms with Gasteiger partial charge in [-0.05, 0) is 37.1 Å². The highest BCUT2D eigenvalue weighted by Crippen LogP contribution is 2.33. The number of aryl methyl sites for hydroxylation is 2. The molecule has 0 aliphatic carbocycles. The summed E-state index contributed by atoms with van der Waals surface area (Å²) in [4.78, 5) is 12.6. The van der Waals surface area contributed by atoms with E-state index >= 15 is 0 Å². The number of amides is 1. The molecular formula is C22H21N3O3S. The van der Waals surface area contributed by atoms with Crippen molar-refractivity contribution in [1.82, 2.24) is 9.78 Å². The van der Waals surface area contributed by atoms with Crippen molar-refractivity contribution in [3.05, 3.63) is 82.6 Å². The Morgan fingerprint density at radius 1 is 1.10 bits per heavy atom. The zero-order valence-electron chi connectivity index (χ0n) is 16.2. The van der Waals surface area contributed by atoms with Crippen LogP contribution in [-0.2, 0) is 26.1 Å². The summed E-state index contributed by atoms with van der Waals surface area (Å²) in [5.41, 5.74) is 4.87. The first-order valence-corrected chi connectivity index (χ1v) is 11.1. The summed E-state index contributed by atoms with van der Waals surface area (Å²) in [5, 5.41) is 7.37. The first kappa shape index (κ1) is 19.1. The minimum atomic E-state index is -3.24. The van der Waals surface area contributed by atoms with Crippen LogP contribution in [0.1, 0.15) is 27.9 Å². The summed E-state index contributed by atoms with van der Waals surface area (Å²) >= 11 is 0. The molecular weight excluding hydrogens is 386 g/mol. The number of rotatable bonds is 4. The molecule has 29 heavy (non-hydrogen) atoms. The number of aromatic nitrogens is 2. The van der Waals surface area contributed by atoms with Gasteiger partial charge in [0.05, 0.1) is 22.9 Å². The van der Waals surface area contributed by atoms with Gasteiger partial charge in [0, 0.05) is 11.6 Å². The molecule has 1 N–H and O–H groups in total. The predicted octanol–water partition coefficient (Wildman–Crippen LogP) is 3.57. The van der Waals surface area contributed by atoms with Gasteiger partial charge < -0.3 is 5.32 Å². The van der Waals surface area contributed by atoms with E-state index < -0.39 is 9.84 Å². The highest BCUT2D eigenvalue weighted by molar-refractivity contribution is 7.90. The molecule has 0 unspecified atom stereocenters. The number of hydrogen-bond donors (Lipinski definition) is 1. The SMILES string of the molecule is Cc1ccc(-n2nc3c(c2NC(=O)/C=C\c2ccccc2)CS(=O)(=O)C3)c(C)c1. The topological polar surface area (TPSA) is 81.1 Å². The first-order chi connectivity index (χ1) is 13.8. The molecule has 2 heterocycles. The molecule has 0 saturated heterocycles. The molecule has 3 aromatic rings. The second kappa shape index (κ2) is 7.33. The van der Waals surface area contributed by atoms with Gasteiger partial charge in [-0.3, -0.25) is 4.79 Å². The lowest BCUT2D eigenvalue weighted by Gasteiger charge is -2.12. The van der Waals surface area contributed by atoms with Crippen LogP contribution in [0.2, 0.25) is 0 Å². The van der Waals surface area contributed by atoms with Crippen molar-refractivity contribution >= 4 is 27.6 Å². The third kappa shape index (κ3) is 4.00. The molecule has 0 fully saturated rings. The van der Waals surface area contributed by atoms with Crippen LogP contribution in [0.5, 0.6) is 0 Å². The van der Waals surface area contributed by atoms with E-state index in [4.69, 9.17) is 0 Å². The Bertz CT molecular complexity index is 1230. The van der Waals surface area contributed by atoms with E-state index in [0.717, 1.165) is 22.4 Å².